The Labute approximate surface area is 158 Å². The molecule has 27 heavy (non-hydrogen) atoms. The van der Waals surface area contributed by atoms with E-state index >= 15 is 0 Å². The van der Waals surface area contributed by atoms with Gasteiger partial charge in [-0.15, -0.1) is 11.3 Å². The minimum Gasteiger partial charge on any atom is -0.395 e. The number of hydrogen-bond acceptors (Lipinski definition) is 6. The Bertz CT molecular complexity index is 728. The quantitative estimate of drug-likeness (QED) is 0.453. The van der Waals surface area contributed by atoms with Crippen LogP contribution in [0.2, 0.25) is 0 Å². The summed E-state index contributed by atoms with van der Waals surface area (Å²) in [7, 11) is 0. The lowest BCUT2D eigenvalue weighted by molar-refractivity contribution is -0.133. The van der Waals surface area contributed by atoms with Crippen LogP contribution in [0, 0.1) is 0 Å². The van der Waals surface area contributed by atoms with Gasteiger partial charge in [0.05, 0.1) is 17.5 Å². The molecule has 1 heterocycles. The summed E-state index contributed by atoms with van der Waals surface area (Å²) in [5.41, 5.74) is 1.12. The van der Waals surface area contributed by atoms with Crippen LogP contribution in [0.25, 0.3) is 10.4 Å². The van der Waals surface area contributed by atoms with Gasteiger partial charge in [-0.3, -0.25) is 4.79 Å². The lowest BCUT2D eigenvalue weighted by Gasteiger charge is -2.21. The van der Waals surface area contributed by atoms with E-state index < -0.39 is 31.2 Å². The Hall–Kier alpha value is -2.01. The molecule has 0 spiro atoms. The van der Waals surface area contributed by atoms with Crippen LogP contribution in [0.15, 0.2) is 30.5 Å². The maximum absolute atomic E-state index is 13.0. The summed E-state index contributed by atoms with van der Waals surface area (Å²) in [6, 6.07) is 5.02. The van der Waals surface area contributed by atoms with Crippen LogP contribution in [0.3, 0.4) is 0 Å². The SMILES string of the molecule is O=C(NC(CF)C(O)c1ccc(-c2cnc(CNCCO)s2)cc1)C(F)F. The van der Waals surface area contributed by atoms with Crippen molar-refractivity contribution in [3.05, 3.63) is 41.0 Å². The van der Waals surface area contributed by atoms with Gasteiger partial charge in [0.1, 0.15) is 17.8 Å². The second kappa shape index (κ2) is 10.4. The van der Waals surface area contributed by atoms with Gasteiger partial charge < -0.3 is 20.8 Å². The van der Waals surface area contributed by atoms with Crippen molar-refractivity contribution in [3.8, 4) is 10.4 Å². The highest BCUT2D eigenvalue weighted by Gasteiger charge is 2.26. The van der Waals surface area contributed by atoms with Gasteiger partial charge in [0, 0.05) is 19.3 Å². The van der Waals surface area contributed by atoms with Crippen LogP contribution in [-0.4, -0.2) is 53.4 Å². The predicted molar refractivity (Wildman–Crippen MR) is 95.2 cm³/mol. The minimum atomic E-state index is -3.28. The Morgan fingerprint density at radius 1 is 1.26 bits per heavy atom. The van der Waals surface area contributed by atoms with E-state index in [1.54, 1.807) is 35.8 Å². The van der Waals surface area contributed by atoms with Crippen molar-refractivity contribution in [2.45, 2.75) is 25.1 Å². The molecule has 4 N–H and O–H groups in total. The van der Waals surface area contributed by atoms with Crippen LogP contribution >= 0.6 is 11.3 Å². The fourth-order valence-electron chi connectivity index (χ4n) is 2.32. The number of nitrogens with one attached hydrogen (secondary N) is 2. The first-order chi connectivity index (χ1) is 13.0. The van der Waals surface area contributed by atoms with E-state index in [-0.39, 0.29) is 6.61 Å². The summed E-state index contributed by atoms with van der Waals surface area (Å²) in [6.45, 7) is -0.135. The van der Waals surface area contributed by atoms with Crippen LogP contribution in [0.4, 0.5) is 13.2 Å². The van der Waals surface area contributed by atoms with Crippen molar-refractivity contribution in [2.75, 3.05) is 19.8 Å². The van der Waals surface area contributed by atoms with E-state index in [1.165, 1.54) is 11.3 Å². The van der Waals surface area contributed by atoms with Crippen molar-refractivity contribution < 1.29 is 28.2 Å². The molecule has 0 aliphatic rings. The molecule has 1 amide bonds. The molecule has 0 bridgehead atoms. The number of benzene rings is 1. The van der Waals surface area contributed by atoms with Gasteiger partial charge >= 0.3 is 6.43 Å². The Kier molecular flexibility index (Phi) is 8.17. The smallest absolute Gasteiger partial charge is 0.315 e. The molecule has 1 aromatic heterocycles. The number of carbonyl (C=O) groups excluding carboxylic acids is 1. The number of carbonyl (C=O) groups is 1. The van der Waals surface area contributed by atoms with E-state index in [0.717, 1.165) is 15.4 Å². The van der Waals surface area contributed by atoms with Crippen molar-refractivity contribution in [3.63, 3.8) is 0 Å². The third-order valence-corrected chi connectivity index (χ3v) is 4.77. The first-order valence-electron chi connectivity index (χ1n) is 8.15. The molecule has 0 aliphatic heterocycles. The van der Waals surface area contributed by atoms with Crippen molar-refractivity contribution in [1.29, 1.82) is 0 Å². The van der Waals surface area contributed by atoms with Gasteiger partial charge in [-0.25, -0.2) is 9.37 Å². The van der Waals surface area contributed by atoms with Crippen molar-refractivity contribution in [1.82, 2.24) is 15.6 Å². The molecule has 2 unspecified atom stereocenters. The van der Waals surface area contributed by atoms with Gasteiger partial charge in [0.25, 0.3) is 5.91 Å². The van der Waals surface area contributed by atoms with Gasteiger partial charge in [-0.2, -0.15) is 8.78 Å². The summed E-state index contributed by atoms with van der Waals surface area (Å²) >= 11 is 1.46. The first-order valence-corrected chi connectivity index (χ1v) is 8.97. The number of nitrogens with zero attached hydrogens (tertiary/aromatic N) is 1. The lowest BCUT2D eigenvalue weighted by Crippen LogP contribution is -2.43. The third-order valence-electron chi connectivity index (χ3n) is 3.73. The number of aliphatic hydroxyl groups is 2. The zero-order valence-corrected chi connectivity index (χ0v) is 15.1. The molecule has 2 rings (SSSR count). The van der Waals surface area contributed by atoms with Gasteiger partial charge in [-0.05, 0) is 11.1 Å². The molecule has 6 nitrogen and oxygen atoms in total. The van der Waals surface area contributed by atoms with Gasteiger partial charge in [0.2, 0.25) is 0 Å². The molecule has 0 fully saturated rings. The summed E-state index contributed by atoms with van der Waals surface area (Å²) < 4.78 is 37.6. The van der Waals surface area contributed by atoms with Gasteiger partial charge in [-0.1, -0.05) is 24.3 Å². The number of amides is 1. The van der Waals surface area contributed by atoms with Crippen LogP contribution in [0.1, 0.15) is 16.7 Å². The van der Waals surface area contributed by atoms with E-state index in [1.807, 2.05) is 0 Å². The number of rotatable bonds is 10. The second-order valence-electron chi connectivity index (χ2n) is 5.66. The average molecular weight is 403 g/mol. The lowest BCUT2D eigenvalue weighted by atomic mass is 10.0. The molecule has 0 radical (unpaired) electrons. The molecule has 0 aliphatic carbocycles. The number of hydrogen-bond donors (Lipinski definition) is 4. The Balaban J connectivity index is 2.04. The van der Waals surface area contributed by atoms with E-state index in [4.69, 9.17) is 5.11 Å². The largest absolute Gasteiger partial charge is 0.395 e. The number of alkyl halides is 3. The minimum absolute atomic E-state index is 0.0413. The average Bonchev–Trinajstić information content (AvgIpc) is 3.14. The van der Waals surface area contributed by atoms with E-state index in [2.05, 4.69) is 10.3 Å². The maximum Gasteiger partial charge on any atom is 0.315 e. The summed E-state index contributed by atoms with van der Waals surface area (Å²) in [6.07, 6.45) is -3.04. The highest BCUT2D eigenvalue weighted by molar-refractivity contribution is 7.15. The van der Waals surface area contributed by atoms with E-state index in [9.17, 15) is 23.1 Å². The van der Waals surface area contributed by atoms with Gasteiger partial charge in [0.15, 0.2) is 0 Å². The molecule has 148 valence electrons. The Morgan fingerprint density at radius 2 is 1.96 bits per heavy atom. The van der Waals surface area contributed by atoms with Crippen LogP contribution in [-0.2, 0) is 11.3 Å². The number of halogens is 3. The monoisotopic (exact) mass is 403 g/mol. The second-order valence-corrected chi connectivity index (χ2v) is 6.77. The normalized spacial score (nSPS) is 13.6. The molecule has 0 saturated heterocycles. The fraction of sp³-hybridized carbons (Fsp3) is 0.412. The Morgan fingerprint density at radius 3 is 2.56 bits per heavy atom. The molecule has 10 heteroatoms. The standard InChI is InChI=1S/C17H20F3N3O3S/c18-7-12(23-17(26)16(19)20)15(25)11-3-1-10(2-4-11)13-8-22-14(27-13)9-21-5-6-24/h1-4,8,12,15-16,21,24-25H,5-7,9H2,(H,23,26). The third kappa shape index (κ3) is 5.99. The number of aromatic nitrogens is 1. The molecular formula is C17H20F3N3O3S. The molecule has 1 aromatic carbocycles. The topological polar surface area (TPSA) is 94.5 Å². The number of aliphatic hydroxyl groups excluding tert-OH is 2. The van der Waals surface area contributed by atoms with Crippen molar-refractivity contribution >= 4 is 17.2 Å². The summed E-state index contributed by atoms with van der Waals surface area (Å²) in [5.74, 6) is -1.62. The van der Waals surface area contributed by atoms with E-state index in [0.29, 0.717) is 18.7 Å². The fourth-order valence-corrected chi connectivity index (χ4v) is 3.22. The predicted octanol–water partition coefficient (Wildman–Crippen LogP) is 1.64. The highest BCUT2D eigenvalue weighted by Crippen LogP contribution is 2.28. The summed E-state index contributed by atoms with van der Waals surface area (Å²) in [5, 5.41) is 24.6. The molecule has 2 aromatic rings. The summed E-state index contributed by atoms with van der Waals surface area (Å²) in [4.78, 5) is 16.2. The first kappa shape index (κ1) is 21.3. The zero-order chi connectivity index (χ0) is 19.8. The molecular weight excluding hydrogens is 383 g/mol. The number of thiazole rings is 1. The maximum atomic E-state index is 13.0. The van der Waals surface area contributed by atoms with Crippen LogP contribution in [0.5, 0.6) is 0 Å². The van der Waals surface area contributed by atoms with Crippen molar-refractivity contribution in [2.24, 2.45) is 0 Å². The van der Waals surface area contributed by atoms with Crippen LogP contribution < -0.4 is 10.6 Å². The molecule has 0 saturated carbocycles. The highest BCUT2D eigenvalue weighted by atomic mass is 32.1. The zero-order valence-electron chi connectivity index (χ0n) is 14.2. The molecule has 2 atom stereocenters.